The molecule has 0 aromatic carbocycles. The van der Waals surface area contributed by atoms with Crippen molar-refractivity contribution in [3.05, 3.63) is 0 Å². The topological polar surface area (TPSA) is 0 Å². The first kappa shape index (κ1) is 8.76. The minimum absolute atomic E-state index is 0.690. The Kier molecular flexibility index (Phi) is 1.58. The van der Waals surface area contributed by atoms with E-state index in [9.17, 15) is 0 Å². The highest BCUT2D eigenvalue weighted by Gasteiger charge is 2.69. The Morgan fingerprint density at radius 1 is 1.38 bits per heavy atom. The normalized spacial score (nSPS) is 56.1. The van der Waals surface area contributed by atoms with Crippen LogP contribution in [0.5, 0.6) is 0 Å². The second-order valence-electron chi connectivity index (χ2n) is 6.13. The Labute approximate surface area is 89.6 Å². The van der Waals surface area contributed by atoms with E-state index in [4.69, 9.17) is 0 Å². The number of hydrogen-bond donors (Lipinski definition) is 0. The van der Waals surface area contributed by atoms with E-state index in [1.807, 2.05) is 0 Å². The summed E-state index contributed by atoms with van der Waals surface area (Å²) in [6.45, 7) is 5.02. The number of rotatable bonds is 1. The van der Waals surface area contributed by atoms with Crippen LogP contribution in [0.25, 0.3) is 0 Å². The van der Waals surface area contributed by atoms with Gasteiger partial charge in [0, 0.05) is 5.33 Å². The molecule has 4 aliphatic carbocycles. The number of alkyl halides is 1. The van der Waals surface area contributed by atoms with Crippen molar-refractivity contribution in [1.29, 1.82) is 0 Å². The van der Waals surface area contributed by atoms with Crippen molar-refractivity contribution in [2.45, 2.75) is 39.5 Å². The van der Waals surface area contributed by atoms with Gasteiger partial charge in [0.05, 0.1) is 0 Å². The van der Waals surface area contributed by atoms with Crippen LogP contribution in [0.4, 0.5) is 0 Å². The van der Waals surface area contributed by atoms with Gasteiger partial charge in [-0.05, 0) is 54.3 Å². The standard InChI is InChI=1S/C12H19Br/c1-11(2)8-3-4-12(10(11)5-8)6-9(12)7-13/h8-10H,3-7H2,1-2H3. The summed E-state index contributed by atoms with van der Waals surface area (Å²) >= 11 is 3.67. The molecule has 0 aromatic rings. The van der Waals surface area contributed by atoms with Crippen LogP contribution in [0.3, 0.4) is 0 Å². The molecular formula is C12H19Br. The molecule has 1 heteroatoms. The molecule has 4 saturated carbocycles. The first-order valence-corrected chi connectivity index (χ1v) is 6.79. The van der Waals surface area contributed by atoms with Crippen molar-refractivity contribution in [3.8, 4) is 0 Å². The van der Waals surface area contributed by atoms with Gasteiger partial charge in [0.25, 0.3) is 0 Å². The van der Waals surface area contributed by atoms with Crippen LogP contribution < -0.4 is 0 Å². The predicted octanol–water partition coefficient (Wildman–Crippen LogP) is 3.84. The van der Waals surface area contributed by atoms with Crippen molar-refractivity contribution in [1.82, 2.24) is 0 Å². The van der Waals surface area contributed by atoms with Crippen LogP contribution in [0.1, 0.15) is 39.5 Å². The third-order valence-corrected chi connectivity index (χ3v) is 6.37. The smallest absolute Gasteiger partial charge is 0.00652 e. The summed E-state index contributed by atoms with van der Waals surface area (Å²) < 4.78 is 0. The van der Waals surface area contributed by atoms with Crippen molar-refractivity contribution < 1.29 is 0 Å². The van der Waals surface area contributed by atoms with E-state index in [-0.39, 0.29) is 0 Å². The number of hydrogen-bond acceptors (Lipinski definition) is 0. The van der Waals surface area contributed by atoms with Gasteiger partial charge in [-0.25, -0.2) is 0 Å². The monoisotopic (exact) mass is 242 g/mol. The van der Waals surface area contributed by atoms with Crippen LogP contribution >= 0.6 is 15.9 Å². The van der Waals surface area contributed by atoms with Crippen LogP contribution in [-0.4, -0.2) is 5.33 Å². The van der Waals surface area contributed by atoms with Gasteiger partial charge in [0.1, 0.15) is 0 Å². The summed E-state index contributed by atoms with van der Waals surface area (Å²) in [6, 6.07) is 0. The van der Waals surface area contributed by atoms with Gasteiger partial charge < -0.3 is 0 Å². The first-order valence-electron chi connectivity index (χ1n) is 5.67. The van der Waals surface area contributed by atoms with Gasteiger partial charge in [-0.2, -0.15) is 0 Å². The van der Waals surface area contributed by atoms with Crippen LogP contribution in [0.2, 0.25) is 0 Å². The van der Waals surface area contributed by atoms with Crippen molar-refractivity contribution in [2.24, 2.45) is 28.6 Å². The van der Waals surface area contributed by atoms with E-state index in [1.54, 1.807) is 12.8 Å². The second kappa shape index (κ2) is 2.35. The van der Waals surface area contributed by atoms with Crippen LogP contribution in [-0.2, 0) is 0 Å². The summed E-state index contributed by atoms with van der Waals surface area (Å²) in [5, 5.41) is 1.25. The van der Waals surface area contributed by atoms with Crippen LogP contribution in [0, 0.1) is 28.6 Å². The summed E-state index contributed by atoms with van der Waals surface area (Å²) in [5.41, 5.74) is 1.50. The molecule has 0 aromatic heterocycles. The molecule has 0 nitrogen and oxygen atoms in total. The molecule has 0 saturated heterocycles. The predicted molar refractivity (Wildman–Crippen MR) is 58.9 cm³/mol. The van der Waals surface area contributed by atoms with E-state index >= 15 is 0 Å². The Bertz CT molecular complexity index is 244. The molecule has 4 rings (SSSR count). The van der Waals surface area contributed by atoms with E-state index in [0.717, 1.165) is 23.2 Å². The Morgan fingerprint density at radius 3 is 2.62 bits per heavy atom. The Hall–Kier alpha value is 0.480. The average molecular weight is 243 g/mol. The average Bonchev–Trinajstić information content (AvgIpc) is 2.78. The largest absolute Gasteiger partial charge is 0.0925 e. The fourth-order valence-corrected chi connectivity index (χ4v) is 5.31. The van der Waals surface area contributed by atoms with Gasteiger partial charge in [0.2, 0.25) is 0 Å². The van der Waals surface area contributed by atoms with Crippen molar-refractivity contribution in [3.63, 3.8) is 0 Å². The molecule has 13 heavy (non-hydrogen) atoms. The fourth-order valence-electron chi connectivity index (χ4n) is 4.44. The van der Waals surface area contributed by atoms with Crippen LogP contribution in [0.15, 0.2) is 0 Å². The minimum atomic E-state index is 0.690. The van der Waals surface area contributed by atoms with Gasteiger partial charge >= 0.3 is 0 Å². The molecule has 74 valence electrons. The molecule has 2 bridgehead atoms. The van der Waals surface area contributed by atoms with E-state index < -0.39 is 0 Å². The SMILES string of the molecule is CC1(C)C2CCC3(CC3CBr)C1C2. The summed E-state index contributed by atoms with van der Waals surface area (Å²) in [5.74, 6) is 3.17. The Balaban J connectivity index is 1.86. The third kappa shape index (κ3) is 0.879. The molecular weight excluding hydrogens is 224 g/mol. The van der Waals surface area contributed by atoms with Crippen molar-refractivity contribution >= 4 is 15.9 Å². The molecule has 1 spiro atoms. The van der Waals surface area contributed by atoms with E-state index in [0.29, 0.717) is 5.41 Å². The zero-order chi connectivity index (χ0) is 9.27. The lowest BCUT2D eigenvalue weighted by molar-refractivity contribution is -0.121. The molecule has 0 N–H and O–H groups in total. The highest BCUT2D eigenvalue weighted by atomic mass is 79.9. The fraction of sp³-hybridized carbons (Fsp3) is 1.00. The zero-order valence-electron chi connectivity index (χ0n) is 8.65. The molecule has 0 amide bonds. The molecule has 0 aliphatic heterocycles. The first-order chi connectivity index (χ1) is 6.11. The maximum absolute atomic E-state index is 3.67. The van der Waals surface area contributed by atoms with Gasteiger partial charge in [-0.3, -0.25) is 0 Å². The molecule has 4 unspecified atom stereocenters. The molecule has 0 radical (unpaired) electrons. The summed E-state index contributed by atoms with van der Waals surface area (Å²) in [4.78, 5) is 0. The molecule has 4 aliphatic rings. The number of halogens is 1. The third-order valence-electron chi connectivity index (χ3n) is 5.59. The number of fused-ring (bicyclic) bond motifs is 1. The van der Waals surface area contributed by atoms with E-state index in [1.165, 1.54) is 18.2 Å². The maximum atomic E-state index is 3.67. The second-order valence-corrected chi connectivity index (χ2v) is 6.78. The highest BCUT2D eigenvalue weighted by molar-refractivity contribution is 9.09. The van der Waals surface area contributed by atoms with E-state index in [2.05, 4.69) is 29.8 Å². The maximum Gasteiger partial charge on any atom is 0.00652 e. The zero-order valence-corrected chi connectivity index (χ0v) is 10.2. The van der Waals surface area contributed by atoms with Gasteiger partial charge in [-0.1, -0.05) is 29.8 Å². The lowest BCUT2D eigenvalue weighted by atomic mass is 9.44. The highest BCUT2D eigenvalue weighted by Crippen LogP contribution is 2.76. The van der Waals surface area contributed by atoms with Gasteiger partial charge in [-0.15, -0.1) is 0 Å². The lowest BCUT2D eigenvalue weighted by Crippen LogP contribution is -2.54. The quantitative estimate of drug-likeness (QED) is 0.614. The summed E-state index contributed by atoms with van der Waals surface area (Å²) in [6.07, 6.45) is 6.14. The van der Waals surface area contributed by atoms with Gasteiger partial charge in [0.15, 0.2) is 0 Å². The molecule has 0 heterocycles. The molecule has 4 atom stereocenters. The summed E-state index contributed by atoms with van der Waals surface area (Å²) in [7, 11) is 0. The van der Waals surface area contributed by atoms with Crippen molar-refractivity contribution in [2.75, 3.05) is 5.33 Å². The Morgan fingerprint density at radius 2 is 2.15 bits per heavy atom. The minimum Gasteiger partial charge on any atom is -0.0925 e. The lowest BCUT2D eigenvalue weighted by Gasteiger charge is -2.61. The molecule has 4 fully saturated rings.